The Labute approximate surface area is 160 Å². The normalized spacial score (nSPS) is 10.8. The summed E-state index contributed by atoms with van der Waals surface area (Å²) in [7, 11) is 1.53. The van der Waals surface area contributed by atoms with Gasteiger partial charge in [-0.15, -0.1) is 21.5 Å². The van der Waals surface area contributed by atoms with E-state index in [-0.39, 0.29) is 12.5 Å². The highest BCUT2D eigenvalue weighted by molar-refractivity contribution is 7.13. The van der Waals surface area contributed by atoms with Crippen LogP contribution in [0.1, 0.15) is 30.1 Å². The van der Waals surface area contributed by atoms with E-state index in [1.165, 1.54) is 18.4 Å². The molecule has 3 rings (SSSR count). The number of carbonyl (C=O) groups excluding carboxylic acids is 1. The molecule has 142 valence electrons. The summed E-state index contributed by atoms with van der Waals surface area (Å²) in [5, 5.41) is 9.76. The van der Waals surface area contributed by atoms with Gasteiger partial charge in [0.15, 0.2) is 18.1 Å². The highest BCUT2D eigenvalue weighted by Gasteiger charge is 2.15. The predicted molar refractivity (Wildman–Crippen MR) is 100 cm³/mol. The summed E-state index contributed by atoms with van der Waals surface area (Å²) in [5.41, 5.74) is 0.349. The Balaban J connectivity index is 1.62. The Kier molecular flexibility index (Phi) is 6.08. The van der Waals surface area contributed by atoms with Crippen molar-refractivity contribution in [3.63, 3.8) is 0 Å². The SMILES string of the molecule is COc1cc(C(=O)OCc2nnc(-c3cccs3)o2)ccc1OCC(C)C. The molecule has 0 radical (unpaired) electrons. The van der Waals surface area contributed by atoms with E-state index in [2.05, 4.69) is 24.0 Å². The molecule has 0 aliphatic carbocycles. The minimum absolute atomic E-state index is 0.106. The number of hydrogen-bond donors (Lipinski definition) is 0. The van der Waals surface area contributed by atoms with Crippen molar-refractivity contribution in [2.75, 3.05) is 13.7 Å². The van der Waals surface area contributed by atoms with E-state index >= 15 is 0 Å². The predicted octanol–water partition coefficient (Wildman–Crippen LogP) is 4.20. The molecule has 7 nitrogen and oxygen atoms in total. The molecule has 2 heterocycles. The molecule has 0 aliphatic rings. The topological polar surface area (TPSA) is 83.7 Å². The van der Waals surface area contributed by atoms with Crippen LogP contribution >= 0.6 is 11.3 Å². The second kappa shape index (κ2) is 8.68. The largest absolute Gasteiger partial charge is 0.493 e. The third-order valence-electron chi connectivity index (χ3n) is 3.50. The molecule has 0 aliphatic heterocycles. The number of carbonyl (C=O) groups is 1. The number of ether oxygens (including phenoxy) is 3. The third-order valence-corrected chi connectivity index (χ3v) is 4.35. The fourth-order valence-corrected chi connectivity index (χ4v) is 2.84. The van der Waals surface area contributed by atoms with Crippen molar-refractivity contribution in [1.82, 2.24) is 10.2 Å². The van der Waals surface area contributed by atoms with Gasteiger partial charge in [-0.1, -0.05) is 19.9 Å². The van der Waals surface area contributed by atoms with E-state index < -0.39 is 5.97 Å². The molecule has 1 aromatic carbocycles. The van der Waals surface area contributed by atoms with E-state index in [9.17, 15) is 4.79 Å². The lowest BCUT2D eigenvalue weighted by molar-refractivity contribution is 0.0438. The number of methoxy groups -OCH3 is 1. The van der Waals surface area contributed by atoms with E-state index in [1.54, 1.807) is 18.2 Å². The molecular weight excluding hydrogens is 368 g/mol. The molecule has 27 heavy (non-hydrogen) atoms. The van der Waals surface area contributed by atoms with Gasteiger partial charge in [-0.25, -0.2) is 4.79 Å². The van der Waals surface area contributed by atoms with Crippen LogP contribution in [-0.2, 0) is 11.3 Å². The van der Waals surface area contributed by atoms with Crippen LogP contribution in [-0.4, -0.2) is 29.9 Å². The van der Waals surface area contributed by atoms with Crippen molar-refractivity contribution in [2.45, 2.75) is 20.5 Å². The van der Waals surface area contributed by atoms with Crippen molar-refractivity contribution < 1.29 is 23.4 Å². The number of thiophene rings is 1. The standard InChI is InChI=1S/C19H20N2O5S/c1-12(2)10-24-14-7-6-13(9-15(14)23-3)19(22)25-11-17-20-21-18(26-17)16-5-4-8-27-16/h4-9,12H,10-11H2,1-3H3. The minimum Gasteiger partial charge on any atom is -0.493 e. The molecule has 8 heteroatoms. The maximum Gasteiger partial charge on any atom is 0.338 e. The quantitative estimate of drug-likeness (QED) is 0.535. The molecule has 0 saturated carbocycles. The van der Waals surface area contributed by atoms with Crippen LogP contribution in [0.15, 0.2) is 40.1 Å². The van der Waals surface area contributed by atoms with Gasteiger partial charge in [0.2, 0.25) is 0 Å². The van der Waals surface area contributed by atoms with Gasteiger partial charge in [-0.3, -0.25) is 0 Å². The number of aromatic nitrogens is 2. The summed E-state index contributed by atoms with van der Waals surface area (Å²) >= 11 is 1.49. The zero-order chi connectivity index (χ0) is 19.2. The van der Waals surface area contributed by atoms with Gasteiger partial charge in [0.25, 0.3) is 11.8 Å². The first-order valence-electron chi connectivity index (χ1n) is 8.41. The average molecular weight is 388 g/mol. The second-order valence-corrected chi connectivity index (χ2v) is 7.07. The molecule has 0 spiro atoms. The Morgan fingerprint density at radius 2 is 2.07 bits per heavy atom. The lowest BCUT2D eigenvalue weighted by Crippen LogP contribution is -2.08. The van der Waals surface area contributed by atoms with Gasteiger partial charge in [-0.05, 0) is 35.6 Å². The van der Waals surface area contributed by atoms with Gasteiger partial charge >= 0.3 is 5.97 Å². The summed E-state index contributed by atoms with van der Waals surface area (Å²) in [4.78, 5) is 13.2. The van der Waals surface area contributed by atoms with Crippen LogP contribution < -0.4 is 9.47 Å². The van der Waals surface area contributed by atoms with E-state index in [0.29, 0.717) is 35.5 Å². The Bertz CT molecular complexity index is 889. The lowest BCUT2D eigenvalue weighted by atomic mass is 10.2. The summed E-state index contributed by atoms with van der Waals surface area (Å²) in [6, 6.07) is 8.68. The van der Waals surface area contributed by atoms with E-state index in [0.717, 1.165) is 4.88 Å². The maximum atomic E-state index is 12.3. The van der Waals surface area contributed by atoms with Gasteiger partial charge in [0.1, 0.15) is 0 Å². The molecule has 0 saturated heterocycles. The van der Waals surface area contributed by atoms with Crippen LogP contribution in [0.4, 0.5) is 0 Å². The first kappa shape index (κ1) is 18.9. The molecule has 0 fully saturated rings. The minimum atomic E-state index is -0.514. The monoisotopic (exact) mass is 388 g/mol. The fraction of sp³-hybridized carbons (Fsp3) is 0.316. The zero-order valence-electron chi connectivity index (χ0n) is 15.3. The number of rotatable bonds is 8. The highest BCUT2D eigenvalue weighted by atomic mass is 32.1. The number of benzene rings is 1. The Hall–Kier alpha value is -2.87. The third kappa shape index (κ3) is 4.85. The Morgan fingerprint density at radius 1 is 1.22 bits per heavy atom. The van der Waals surface area contributed by atoms with Gasteiger partial charge in [-0.2, -0.15) is 0 Å². The van der Waals surface area contributed by atoms with Gasteiger partial charge in [0, 0.05) is 0 Å². The summed E-state index contributed by atoms with van der Waals surface area (Å²) in [6.07, 6.45) is 0. The van der Waals surface area contributed by atoms with Crippen molar-refractivity contribution in [1.29, 1.82) is 0 Å². The average Bonchev–Trinajstić information content (AvgIpc) is 3.35. The van der Waals surface area contributed by atoms with Crippen molar-refractivity contribution in [3.05, 3.63) is 47.2 Å². The molecule has 0 unspecified atom stereocenters. The van der Waals surface area contributed by atoms with Gasteiger partial charge < -0.3 is 18.6 Å². The summed E-state index contributed by atoms with van der Waals surface area (Å²) in [6.45, 7) is 4.56. The fourth-order valence-electron chi connectivity index (χ4n) is 2.19. The van der Waals surface area contributed by atoms with Crippen LogP contribution in [0.25, 0.3) is 10.8 Å². The first-order chi connectivity index (χ1) is 13.1. The highest BCUT2D eigenvalue weighted by Crippen LogP contribution is 2.29. The Morgan fingerprint density at radius 3 is 2.78 bits per heavy atom. The van der Waals surface area contributed by atoms with Crippen molar-refractivity contribution in [3.8, 4) is 22.3 Å². The summed E-state index contributed by atoms with van der Waals surface area (Å²) < 4.78 is 21.7. The lowest BCUT2D eigenvalue weighted by Gasteiger charge is -2.13. The van der Waals surface area contributed by atoms with Crippen molar-refractivity contribution in [2.24, 2.45) is 5.92 Å². The molecule has 0 bridgehead atoms. The number of esters is 1. The number of hydrogen-bond acceptors (Lipinski definition) is 8. The maximum absolute atomic E-state index is 12.3. The van der Waals surface area contributed by atoms with E-state index in [1.807, 2.05) is 17.5 Å². The molecule has 3 aromatic rings. The molecule has 0 N–H and O–H groups in total. The second-order valence-electron chi connectivity index (χ2n) is 6.12. The van der Waals surface area contributed by atoms with Crippen LogP contribution in [0.5, 0.6) is 11.5 Å². The summed E-state index contributed by atoms with van der Waals surface area (Å²) in [5.74, 6) is 1.57. The number of nitrogens with zero attached hydrogens (tertiary/aromatic N) is 2. The molecule has 0 amide bonds. The zero-order valence-corrected chi connectivity index (χ0v) is 16.1. The molecule has 2 aromatic heterocycles. The van der Waals surface area contributed by atoms with Crippen LogP contribution in [0, 0.1) is 5.92 Å². The molecular formula is C19H20N2O5S. The van der Waals surface area contributed by atoms with Crippen molar-refractivity contribution >= 4 is 17.3 Å². The van der Waals surface area contributed by atoms with Crippen LogP contribution in [0.2, 0.25) is 0 Å². The van der Waals surface area contributed by atoms with Crippen LogP contribution in [0.3, 0.4) is 0 Å². The van der Waals surface area contributed by atoms with E-state index in [4.69, 9.17) is 18.6 Å². The smallest absolute Gasteiger partial charge is 0.338 e. The first-order valence-corrected chi connectivity index (χ1v) is 9.29. The molecule has 0 atom stereocenters. The van der Waals surface area contributed by atoms with Gasteiger partial charge in [0.05, 0.1) is 24.2 Å².